The zero-order valence-corrected chi connectivity index (χ0v) is 35.2. The molecule has 37 heteroatoms. The molecule has 70 heavy (non-hydrogen) atoms. The molecule has 0 saturated carbocycles. The standard InChI is InChI=1S/C33H41N23O14/c34-18(60)19(50-30(35)36)45-25(62)21(51-31(37)38)47-27(64)23(53-33(41)42)48-26(63)22(52-32(39)40)46-24(61)20(44-14(58)5-8-6-15(59)69-13-7-9(57)1-2-10(8)13)49-29(66)28(65)43-11-3-4-12(56(67)68)17-16(11)54-70-55-17/h1-4,6-7,19-23,28,43,57,65H,5H2,(H2,34,60)(H,44,58)(H,45,62)(H,46,61)(H,47,64)(H,48,63)(H,49,66)(H4,35,36,50)(H4,37,38,51)(H4,39,40,52)(H4,41,42,53). The van der Waals surface area contributed by atoms with Gasteiger partial charge in [-0.3, -0.25) is 65.3 Å². The Hall–Kier alpha value is -10.6. The number of aromatic nitrogens is 2. The lowest BCUT2D eigenvalue weighted by Gasteiger charge is -2.28. The number of guanidine groups is 4. The Labute approximate surface area is 386 Å². The summed E-state index contributed by atoms with van der Waals surface area (Å²) in [5.41, 5.74) is 23.8. The van der Waals surface area contributed by atoms with E-state index < -0.39 is 130 Å². The number of hydrogen-bond donors (Lipinski definition) is 22. The molecule has 0 aliphatic heterocycles. The van der Waals surface area contributed by atoms with Crippen LogP contribution in [0, 0.1) is 31.8 Å². The number of nitrogens with one attached hydrogen (secondary N) is 15. The third-order valence-corrected chi connectivity index (χ3v) is 8.57. The van der Waals surface area contributed by atoms with Gasteiger partial charge in [0.05, 0.1) is 17.0 Å². The van der Waals surface area contributed by atoms with Crippen molar-refractivity contribution in [3.8, 4) is 5.75 Å². The summed E-state index contributed by atoms with van der Waals surface area (Å²) in [7, 11) is 0. The van der Waals surface area contributed by atoms with Gasteiger partial charge in [-0.2, -0.15) is 0 Å². The van der Waals surface area contributed by atoms with E-state index in [1.54, 1.807) is 0 Å². The zero-order chi connectivity index (χ0) is 52.1. The number of fused-ring (bicyclic) bond motifs is 2. The van der Waals surface area contributed by atoms with Crippen LogP contribution in [0.3, 0.4) is 0 Å². The Morgan fingerprint density at radius 1 is 0.643 bits per heavy atom. The van der Waals surface area contributed by atoms with Crippen molar-refractivity contribution in [1.29, 1.82) is 21.6 Å². The first-order valence-electron chi connectivity index (χ1n) is 19.0. The minimum Gasteiger partial charge on any atom is -0.508 e. The molecule has 2 aromatic carbocycles. The summed E-state index contributed by atoms with van der Waals surface area (Å²) in [5, 5.41) is 91.6. The molecule has 6 unspecified atom stereocenters. The molecule has 0 radical (unpaired) electrons. The van der Waals surface area contributed by atoms with E-state index in [0.29, 0.717) is 0 Å². The molecule has 0 saturated heterocycles. The largest absolute Gasteiger partial charge is 0.508 e. The van der Waals surface area contributed by atoms with E-state index in [2.05, 4.69) is 25.6 Å². The van der Waals surface area contributed by atoms with Crippen LogP contribution in [0.4, 0.5) is 11.4 Å². The Morgan fingerprint density at radius 2 is 1.10 bits per heavy atom. The number of carbonyl (C=O) groups is 7. The van der Waals surface area contributed by atoms with Crippen LogP contribution in [0.5, 0.6) is 5.75 Å². The van der Waals surface area contributed by atoms with Crippen molar-refractivity contribution in [1.82, 2.24) is 63.5 Å². The van der Waals surface area contributed by atoms with Crippen LogP contribution < -0.4 is 92.8 Å². The quantitative estimate of drug-likeness (QED) is 0.00920. The zero-order valence-electron chi connectivity index (χ0n) is 35.2. The number of aliphatic hydroxyl groups excluding tert-OH is 1. The minimum absolute atomic E-state index is 0.0317. The molecule has 2 aromatic heterocycles. The number of benzene rings is 2. The average Bonchev–Trinajstić information content (AvgIpc) is 3.75. The number of nitrogens with zero attached hydrogens (tertiary/aromatic N) is 3. The average molecular weight is 984 g/mol. The maximum atomic E-state index is 14.0. The lowest BCUT2D eigenvalue weighted by Crippen LogP contribution is -2.69. The summed E-state index contributed by atoms with van der Waals surface area (Å²) in [6.07, 6.45) is -14.0. The molecule has 37 nitrogen and oxygen atoms in total. The highest BCUT2D eigenvalue weighted by Gasteiger charge is 2.35. The number of phenols is 1. The Kier molecular flexibility index (Phi) is 16.7. The summed E-state index contributed by atoms with van der Waals surface area (Å²) >= 11 is 0. The molecule has 4 rings (SSSR count). The van der Waals surface area contributed by atoms with E-state index in [0.717, 1.165) is 24.3 Å². The third-order valence-electron chi connectivity index (χ3n) is 8.57. The highest BCUT2D eigenvalue weighted by Crippen LogP contribution is 2.29. The predicted octanol–water partition coefficient (Wildman–Crippen LogP) is -9.34. The maximum absolute atomic E-state index is 14.0. The highest BCUT2D eigenvalue weighted by molar-refractivity contribution is 6.01. The summed E-state index contributed by atoms with van der Waals surface area (Å²) in [4.78, 5) is 116. The van der Waals surface area contributed by atoms with E-state index in [9.17, 15) is 58.7 Å². The maximum Gasteiger partial charge on any atom is 0.336 e. The van der Waals surface area contributed by atoms with E-state index in [-0.39, 0.29) is 33.5 Å². The number of primary amides is 1. The highest BCUT2D eigenvalue weighted by atomic mass is 16.6. The van der Waals surface area contributed by atoms with Gasteiger partial charge in [-0.1, -0.05) is 0 Å². The van der Waals surface area contributed by atoms with Crippen molar-refractivity contribution in [2.24, 2.45) is 28.7 Å². The van der Waals surface area contributed by atoms with Gasteiger partial charge in [0.15, 0.2) is 60.2 Å². The first kappa shape index (κ1) is 52.0. The van der Waals surface area contributed by atoms with Gasteiger partial charge < -0.3 is 102 Å². The lowest BCUT2D eigenvalue weighted by molar-refractivity contribution is -0.383. The van der Waals surface area contributed by atoms with Crippen molar-refractivity contribution in [2.45, 2.75) is 43.5 Å². The smallest absolute Gasteiger partial charge is 0.336 e. The molecule has 372 valence electrons. The number of aromatic hydroxyl groups is 1. The second-order valence-electron chi connectivity index (χ2n) is 13.8. The summed E-state index contributed by atoms with van der Waals surface area (Å²) in [6.45, 7) is 0. The number of aliphatic hydroxyl groups is 1. The van der Waals surface area contributed by atoms with Crippen LogP contribution in [-0.4, -0.2) is 128 Å². The molecule has 2 heterocycles. The number of nitro groups is 1. The fourth-order valence-corrected chi connectivity index (χ4v) is 5.67. The molecular weight excluding hydrogens is 943 g/mol. The van der Waals surface area contributed by atoms with Gasteiger partial charge in [0.25, 0.3) is 35.4 Å². The van der Waals surface area contributed by atoms with Gasteiger partial charge in [0.2, 0.25) is 17.7 Å². The molecule has 0 bridgehead atoms. The van der Waals surface area contributed by atoms with Gasteiger partial charge in [0, 0.05) is 23.6 Å². The van der Waals surface area contributed by atoms with Crippen LogP contribution in [0.1, 0.15) is 5.56 Å². The number of anilines is 1. The van der Waals surface area contributed by atoms with Gasteiger partial charge in [-0.15, -0.1) is 0 Å². The number of hydrogen-bond acceptors (Lipinski definition) is 21. The molecule has 7 amide bonds. The number of carbonyl (C=O) groups excluding carboxylic acids is 7. The van der Waals surface area contributed by atoms with E-state index >= 15 is 0 Å². The molecule has 27 N–H and O–H groups in total. The van der Waals surface area contributed by atoms with Crippen molar-refractivity contribution in [3.63, 3.8) is 0 Å². The van der Waals surface area contributed by atoms with Gasteiger partial charge >= 0.3 is 11.3 Å². The second kappa shape index (κ2) is 22.5. The number of amides is 7. The van der Waals surface area contributed by atoms with E-state index in [4.69, 9.17) is 54.7 Å². The first-order chi connectivity index (χ1) is 32.8. The normalized spacial score (nSPS) is 13.2. The topological polar surface area (TPSA) is 630 Å². The predicted molar refractivity (Wildman–Crippen MR) is 233 cm³/mol. The van der Waals surface area contributed by atoms with Crippen LogP contribution in [0.2, 0.25) is 0 Å². The first-order valence-corrected chi connectivity index (χ1v) is 19.0. The third kappa shape index (κ3) is 14.2. The van der Waals surface area contributed by atoms with Gasteiger partial charge in [-0.05, 0) is 34.1 Å². The molecule has 0 spiro atoms. The summed E-state index contributed by atoms with van der Waals surface area (Å²) in [6, 6.07) is 6.40. The number of phenolic OH excluding ortho intramolecular Hbond substituents is 1. The number of non-ortho nitro benzene ring substituents is 1. The van der Waals surface area contributed by atoms with E-state index in [1.165, 1.54) is 12.1 Å². The fraction of sp³-hybridized carbons (Fsp3) is 0.212. The van der Waals surface area contributed by atoms with Gasteiger partial charge in [0.1, 0.15) is 11.3 Å². The van der Waals surface area contributed by atoms with Crippen molar-refractivity contribution < 1.29 is 57.7 Å². The molecule has 6 atom stereocenters. The van der Waals surface area contributed by atoms with Crippen LogP contribution in [0.25, 0.3) is 22.0 Å². The van der Waals surface area contributed by atoms with Crippen molar-refractivity contribution >= 4 is 98.6 Å². The molecular formula is C33H41N23O14. The summed E-state index contributed by atoms with van der Waals surface area (Å²) in [5.74, 6) is -14.1. The second-order valence-corrected chi connectivity index (χ2v) is 13.8. The van der Waals surface area contributed by atoms with E-state index in [1.807, 2.05) is 47.9 Å². The number of nitrogens with two attached hydrogens (primary N) is 5. The fourth-order valence-electron chi connectivity index (χ4n) is 5.67. The van der Waals surface area contributed by atoms with Crippen molar-refractivity contribution in [3.05, 3.63) is 62.5 Å². The monoisotopic (exact) mass is 983 g/mol. The number of rotatable bonds is 21. The molecule has 4 aromatic rings. The Bertz CT molecular complexity index is 2850. The van der Waals surface area contributed by atoms with Crippen LogP contribution in [-0.2, 0) is 40.0 Å². The van der Waals surface area contributed by atoms with Crippen LogP contribution in [0.15, 0.2) is 50.2 Å². The molecule has 0 aliphatic carbocycles. The van der Waals surface area contributed by atoms with Crippen LogP contribution >= 0.6 is 0 Å². The summed E-state index contributed by atoms with van der Waals surface area (Å²) < 4.78 is 9.61. The molecule has 0 fully saturated rings. The van der Waals surface area contributed by atoms with Gasteiger partial charge in [-0.25, -0.2) is 9.42 Å². The number of nitro benzene ring substituents is 1. The minimum atomic E-state index is -2.38. The lowest BCUT2D eigenvalue weighted by atomic mass is 10.1. The van der Waals surface area contributed by atoms with Crippen molar-refractivity contribution in [2.75, 3.05) is 5.32 Å². The Balaban J connectivity index is 1.63. The SMILES string of the molecule is N=C(N)NC(NC(=O)C(NC(=N)N)NC(=O)C(NC(=N)N)NC(=O)C(NC(=N)N)NC(=O)C(NC(=O)Cc1cc(=O)oc2cc(O)ccc12)NC(=O)C(O)Nc1ccc([N+](=O)[O-])c2nonc12)C(N)=O. The Morgan fingerprint density at radius 3 is 1.59 bits per heavy atom. The molecule has 0 aliphatic rings.